The van der Waals surface area contributed by atoms with Gasteiger partial charge in [0, 0.05) is 43.2 Å². The van der Waals surface area contributed by atoms with E-state index in [1.54, 1.807) is 31.2 Å². The standard InChI is InChI=1S/C21H26ClN3O5/c1-2-28-19(26)17-16(13-25-9-7-21(8-10-25)29-11-12-30-21)23-20(27)24-18(17)14-3-5-15(22)6-4-14/h3-6,18H,2,7-13H2,1H3,(H2,23,24,27). The van der Waals surface area contributed by atoms with E-state index < -0.39 is 17.8 Å². The molecular formula is C21H26ClN3O5. The van der Waals surface area contributed by atoms with Gasteiger partial charge in [-0.3, -0.25) is 4.90 Å². The van der Waals surface area contributed by atoms with Crippen molar-refractivity contribution in [1.29, 1.82) is 0 Å². The Hall–Kier alpha value is -2.13. The molecule has 0 saturated carbocycles. The molecule has 0 aliphatic carbocycles. The summed E-state index contributed by atoms with van der Waals surface area (Å²) in [5.74, 6) is -0.922. The lowest BCUT2D eigenvalue weighted by Gasteiger charge is -2.39. The molecule has 1 aromatic carbocycles. The third-order valence-corrected chi connectivity index (χ3v) is 5.92. The van der Waals surface area contributed by atoms with Gasteiger partial charge in [-0.05, 0) is 24.6 Å². The van der Waals surface area contributed by atoms with Gasteiger partial charge in [-0.15, -0.1) is 0 Å². The maximum absolute atomic E-state index is 12.9. The van der Waals surface area contributed by atoms with Gasteiger partial charge in [-0.2, -0.15) is 0 Å². The molecule has 4 rings (SSSR count). The molecule has 2 fully saturated rings. The largest absolute Gasteiger partial charge is 0.463 e. The highest BCUT2D eigenvalue weighted by atomic mass is 35.5. The highest BCUT2D eigenvalue weighted by Gasteiger charge is 2.41. The van der Waals surface area contributed by atoms with Gasteiger partial charge in [0.25, 0.3) is 0 Å². The Labute approximate surface area is 180 Å². The normalized spacial score (nSPS) is 23.9. The number of piperidine rings is 1. The van der Waals surface area contributed by atoms with E-state index in [4.69, 9.17) is 25.8 Å². The summed E-state index contributed by atoms with van der Waals surface area (Å²) in [6, 6.07) is 6.11. The Morgan fingerprint density at radius 2 is 1.90 bits per heavy atom. The minimum Gasteiger partial charge on any atom is -0.463 e. The van der Waals surface area contributed by atoms with Crippen LogP contribution >= 0.6 is 11.6 Å². The number of hydrogen-bond acceptors (Lipinski definition) is 6. The lowest BCUT2D eigenvalue weighted by molar-refractivity contribution is -0.184. The number of nitrogens with one attached hydrogen (secondary N) is 2. The first kappa shape index (κ1) is 21.1. The fraction of sp³-hybridized carbons (Fsp3) is 0.524. The fourth-order valence-electron chi connectivity index (χ4n) is 4.16. The molecule has 3 heterocycles. The van der Waals surface area contributed by atoms with Gasteiger partial charge >= 0.3 is 12.0 Å². The van der Waals surface area contributed by atoms with Crippen molar-refractivity contribution < 1.29 is 23.8 Å². The van der Waals surface area contributed by atoms with Crippen LogP contribution in [0.2, 0.25) is 5.02 Å². The molecule has 162 valence electrons. The third-order valence-electron chi connectivity index (χ3n) is 5.67. The number of ether oxygens (including phenoxy) is 3. The van der Waals surface area contributed by atoms with E-state index in [1.807, 2.05) is 0 Å². The lowest BCUT2D eigenvalue weighted by Crippen LogP contribution is -2.51. The van der Waals surface area contributed by atoms with Gasteiger partial charge in [0.1, 0.15) is 0 Å². The van der Waals surface area contributed by atoms with Crippen LogP contribution in [0.1, 0.15) is 31.4 Å². The summed E-state index contributed by atoms with van der Waals surface area (Å²) in [4.78, 5) is 27.4. The molecule has 0 bridgehead atoms. The molecule has 1 aromatic rings. The maximum atomic E-state index is 12.9. The molecule has 2 amide bonds. The first-order chi connectivity index (χ1) is 14.5. The molecule has 2 saturated heterocycles. The number of hydrogen-bond donors (Lipinski definition) is 2. The predicted molar refractivity (Wildman–Crippen MR) is 110 cm³/mol. The van der Waals surface area contributed by atoms with Crippen molar-refractivity contribution in [1.82, 2.24) is 15.5 Å². The Balaban J connectivity index is 1.59. The molecule has 30 heavy (non-hydrogen) atoms. The van der Waals surface area contributed by atoms with Crippen LogP contribution in [0.25, 0.3) is 0 Å². The van der Waals surface area contributed by atoms with Crippen LogP contribution in [0.4, 0.5) is 4.79 Å². The van der Waals surface area contributed by atoms with Crippen LogP contribution < -0.4 is 10.6 Å². The van der Waals surface area contributed by atoms with Crippen LogP contribution in [0.5, 0.6) is 0 Å². The highest BCUT2D eigenvalue weighted by Crippen LogP contribution is 2.33. The lowest BCUT2D eigenvalue weighted by atomic mass is 9.94. The van der Waals surface area contributed by atoms with E-state index in [2.05, 4.69) is 15.5 Å². The van der Waals surface area contributed by atoms with Gasteiger partial charge < -0.3 is 24.8 Å². The number of esters is 1. The SMILES string of the molecule is CCOC(=O)C1=C(CN2CCC3(CC2)OCCO3)NC(=O)NC1c1ccc(Cl)cc1. The minimum atomic E-state index is -0.609. The second-order valence-corrected chi connectivity index (χ2v) is 8.02. The van der Waals surface area contributed by atoms with E-state index >= 15 is 0 Å². The zero-order valence-electron chi connectivity index (χ0n) is 16.9. The summed E-state index contributed by atoms with van der Waals surface area (Å²) in [5, 5.41) is 6.24. The van der Waals surface area contributed by atoms with E-state index in [-0.39, 0.29) is 12.6 Å². The Kier molecular flexibility index (Phi) is 6.29. The maximum Gasteiger partial charge on any atom is 0.338 e. The van der Waals surface area contributed by atoms with Crippen molar-refractivity contribution in [2.45, 2.75) is 31.6 Å². The summed E-state index contributed by atoms with van der Waals surface area (Å²) in [7, 11) is 0. The van der Waals surface area contributed by atoms with Gasteiger partial charge in [0.05, 0.1) is 31.4 Å². The Bertz CT molecular complexity index is 826. The van der Waals surface area contributed by atoms with Crippen molar-refractivity contribution in [3.05, 3.63) is 46.1 Å². The van der Waals surface area contributed by atoms with Crippen LogP contribution in [0.3, 0.4) is 0 Å². The zero-order chi connectivity index (χ0) is 21.1. The summed E-state index contributed by atoms with van der Waals surface area (Å²) in [6.07, 6.45) is 1.50. The number of amides is 2. The van der Waals surface area contributed by atoms with Crippen molar-refractivity contribution in [2.24, 2.45) is 0 Å². The number of rotatable bonds is 5. The summed E-state index contributed by atoms with van der Waals surface area (Å²) in [6.45, 7) is 5.18. The molecule has 1 unspecified atom stereocenters. The van der Waals surface area contributed by atoms with Gasteiger partial charge in [0.2, 0.25) is 0 Å². The molecule has 1 spiro atoms. The van der Waals surface area contributed by atoms with Crippen molar-refractivity contribution in [2.75, 3.05) is 39.5 Å². The first-order valence-electron chi connectivity index (χ1n) is 10.2. The van der Waals surface area contributed by atoms with Gasteiger partial charge in [0.15, 0.2) is 5.79 Å². The van der Waals surface area contributed by atoms with E-state index in [0.29, 0.717) is 36.1 Å². The number of likely N-dealkylation sites (tertiary alicyclic amines) is 1. The van der Waals surface area contributed by atoms with Crippen LogP contribution in [0.15, 0.2) is 35.5 Å². The average Bonchev–Trinajstić information content (AvgIpc) is 3.18. The second-order valence-electron chi connectivity index (χ2n) is 7.58. The number of carbonyl (C=O) groups excluding carboxylic acids is 2. The number of nitrogens with zero attached hydrogens (tertiary/aromatic N) is 1. The second kappa shape index (κ2) is 8.93. The van der Waals surface area contributed by atoms with Gasteiger partial charge in [-0.1, -0.05) is 23.7 Å². The predicted octanol–water partition coefficient (Wildman–Crippen LogP) is 2.35. The molecule has 0 radical (unpaired) electrons. The molecule has 1 atom stereocenters. The number of halogens is 1. The monoisotopic (exact) mass is 435 g/mol. The van der Waals surface area contributed by atoms with Crippen molar-refractivity contribution >= 4 is 23.6 Å². The number of carbonyl (C=O) groups is 2. The zero-order valence-corrected chi connectivity index (χ0v) is 17.7. The Morgan fingerprint density at radius 3 is 2.53 bits per heavy atom. The molecule has 3 aliphatic heterocycles. The van der Waals surface area contributed by atoms with Crippen molar-refractivity contribution in [3.63, 3.8) is 0 Å². The minimum absolute atomic E-state index is 0.248. The van der Waals surface area contributed by atoms with Crippen LogP contribution in [0, 0.1) is 0 Å². The van der Waals surface area contributed by atoms with Crippen LogP contribution in [-0.4, -0.2) is 62.1 Å². The summed E-state index contributed by atoms with van der Waals surface area (Å²) < 4.78 is 16.9. The smallest absolute Gasteiger partial charge is 0.338 e. The first-order valence-corrected chi connectivity index (χ1v) is 10.6. The molecule has 3 aliphatic rings. The third kappa shape index (κ3) is 4.46. The van der Waals surface area contributed by atoms with Gasteiger partial charge in [-0.25, -0.2) is 9.59 Å². The van der Waals surface area contributed by atoms with E-state index in [0.717, 1.165) is 31.5 Å². The summed E-state index contributed by atoms with van der Waals surface area (Å²) in [5.41, 5.74) is 1.73. The average molecular weight is 436 g/mol. The Morgan fingerprint density at radius 1 is 1.23 bits per heavy atom. The number of benzene rings is 1. The van der Waals surface area contributed by atoms with Crippen LogP contribution in [-0.2, 0) is 19.0 Å². The molecule has 0 aromatic heterocycles. The molecule has 8 nitrogen and oxygen atoms in total. The molecular weight excluding hydrogens is 410 g/mol. The van der Waals surface area contributed by atoms with E-state index in [1.165, 1.54) is 0 Å². The summed E-state index contributed by atoms with van der Waals surface area (Å²) >= 11 is 6.01. The topological polar surface area (TPSA) is 89.1 Å². The molecule has 9 heteroatoms. The fourth-order valence-corrected chi connectivity index (χ4v) is 4.28. The van der Waals surface area contributed by atoms with E-state index in [9.17, 15) is 9.59 Å². The number of urea groups is 1. The highest BCUT2D eigenvalue weighted by molar-refractivity contribution is 6.30. The molecule has 2 N–H and O–H groups in total. The van der Waals surface area contributed by atoms with Crippen molar-refractivity contribution in [3.8, 4) is 0 Å². The quantitative estimate of drug-likeness (QED) is 0.690.